The molecule has 9 aromatic rings. The third-order valence-corrected chi connectivity index (χ3v) is 20.2. The summed E-state index contributed by atoms with van der Waals surface area (Å²) in [6.07, 6.45) is 13.6. The Hall–Kier alpha value is -9.38. The number of aromatic hydroxyl groups is 9. The van der Waals surface area contributed by atoms with Crippen LogP contribution in [-0.4, -0.2) is 117 Å². The van der Waals surface area contributed by atoms with E-state index in [1.54, 1.807) is 87.5 Å². The van der Waals surface area contributed by atoms with E-state index in [0.29, 0.717) is 115 Å². The summed E-state index contributed by atoms with van der Waals surface area (Å²) in [7, 11) is 0. The first kappa shape index (κ1) is 94.2. The molecule has 0 bridgehead atoms. The fourth-order valence-electron chi connectivity index (χ4n) is 14.2. The van der Waals surface area contributed by atoms with E-state index in [1.165, 1.54) is 51.4 Å². The minimum atomic E-state index is -0.234. The van der Waals surface area contributed by atoms with Gasteiger partial charge in [-0.2, -0.15) is 0 Å². The smallest absolute Gasteiger partial charge is 0.126 e. The first-order valence-electron chi connectivity index (χ1n) is 38.0. The molecule has 11 rings (SSSR count). The van der Waals surface area contributed by atoms with Gasteiger partial charge in [-0.1, -0.05) is 117 Å². The molecule has 9 aromatic carbocycles. The van der Waals surface area contributed by atoms with Crippen LogP contribution in [-0.2, 0) is 112 Å². The van der Waals surface area contributed by atoms with Gasteiger partial charge in [0.25, 0.3) is 0 Å². The van der Waals surface area contributed by atoms with Crippen LogP contribution in [0.3, 0.4) is 0 Å². The third-order valence-electron chi connectivity index (χ3n) is 20.2. The van der Waals surface area contributed by atoms with Crippen molar-refractivity contribution in [2.24, 2.45) is 0 Å². The maximum atomic E-state index is 10.2. The Morgan fingerprint density at radius 2 is 0.460 bits per heavy atom. The average molecular weight is 1570 g/mol. The minimum Gasteiger partial charge on any atom is -0.507 e. The van der Waals surface area contributed by atoms with E-state index in [9.17, 15) is 86.8 Å². The summed E-state index contributed by atoms with van der Waals surface area (Å²) < 4.78 is 0. The van der Waals surface area contributed by atoms with Crippen LogP contribution in [0.5, 0.6) is 51.7 Å². The number of phenols is 9. The van der Waals surface area contributed by atoms with Crippen molar-refractivity contribution >= 4 is 0 Å². The number of hydrogen-bond donors (Lipinski definition) is 23. The Bertz CT molecular complexity index is 4300. The van der Waals surface area contributed by atoms with E-state index in [4.69, 9.17) is 30.6 Å². The lowest BCUT2D eigenvalue weighted by atomic mass is 9.82. The Labute approximate surface area is 661 Å². The van der Waals surface area contributed by atoms with E-state index in [1.807, 2.05) is 70.2 Å². The summed E-state index contributed by atoms with van der Waals surface area (Å²) in [5.74, 6) is 1.73. The zero-order chi connectivity index (χ0) is 83.8. The summed E-state index contributed by atoms with van der Waals surface area (Å²) in [4.78, 5) is 0. The molecule has 113 heavy (non-hydrogen) atoms. The molecular formula is C90H118O23. The molecule has 2 saturated carbocycles. The van der Waals surface area contributed by atoms with Crippen molar-refractivity contribution in [3.63, 3.8) is 0 Å². The van der Waals surface area contributed by atoms with Crippen molar-refractivity contribution in [2.45, 2.75) is 236 Å². The Balaban J connectivity index is 0.000000238. The maximum Gasteiger partial charge on any atom is 0.126 e. The highest BCUT2D eigenvalue weighted by atomic mass is 16.3. The molecule has 0 heterocycles. The van der Waals surface area contributed by atoms with Crippen molar-refractivity contribution in [2.75, 3.05) is 0 Å². The molecule has 23 heteroatoms. The predicted molar refractivity (Wildman–Crippen MR) is 431 cm³/mol. The topological polar surface area (TPSA) is 465 Å². The quantitative estimate of drug-likeness (QED) is 0.0318. The molecular weight excluding hydrogens is 1450 g/mol. The molecule has 2 aliphatic rings. The van der Waals surface area contributed by atoms with Gasteiger partial charge in [0.2, 0.25) is 0 Å². The number of rotatable bonds is 21. The highest BCUT2D eigenvalue weighted by Gasteiger charge is 2.23. The lowest BCUT2D eigenvalue weighted by molar-refractivity contribution is 0.262. The second kappa shape index (κ2) is 47.3. The monoisotopic (exact) mass is 1570 g/mol. The van der Waals surface area contributed by atoms with Gasteiger partial charge in [0.05, 0.1) is 92.5 Å². The minimum absolute atomic E-state index is 0.00870. The molecule has 0 amide bonds. The fourth-order valence-corrected chi connectivity index (χ4v) is 14.2. The molecule has 0 atom stereocenters. The molecule has 0 radical (unpaired) electrons. The molecule has 616 valence electrons. The van der Waals surface area contributed by atoms with Crippen molar-refractivity contribution in [1.82, 2.24) is 0 Å². The molecule has 2 aliphatic carbocycles. The van der Waals surface area contributed by atoms with Gasteiger partial charge in [-0.05, 0) is 219 Å². The fraction of sp³-hybridized carbons (Fsp3) is 0.400. The summed E-state index contributed by atoms with van der Waals surface area (Å²) in [6.45, 7) is 10.4. The molecule has 0 unspecified atom stereocenters. The van der Waals surface area contributed by atoms with E-state index in [2.05, 4.69) is 0 Å². The Kier molecular flexibility index (Phi) is 39.5. The summed E-state index contributed by atoms with van der Waals surface area (Å²) in [5.41, 5.74) is 18.5. The molecule has 0 spiro atoms. The van der Waals surface area contributed by atoms with Crippen LogP contribution < -0.4 is 0 Å². The molecule has 0 saturated heterocycles. The SMILES string of the molecule is CCc1cc(CO)cc(CO)c1O.Cc1cc(CO)c(O)c(CO)c1.Cc1cc(CO)c(O)c(Cc2cc(C)cc(CO)c2O)c1.Cc1cc(CO)cc(CO)c1O.Cc1cc(Cc2cc(C)c(O)c(CO)c2)cc(CO)c1O.OCc1cc(C2CCCCC2)cc(CO)c1O.OCc1cc(CO)c(O)c(C2CCCCC2)c1. The van der Waals surface area contributed by atoms with E-state index in [-0.39, 0.29) is 144 Å². The van der Waals surface area contributed by atoms with E-state index >= 15 is 0 Å². The number of benzene rings is 9. The lowest BCUT2D eigenvalue weighted by Gasteiger charge is -2.24. The van der Waals surface area contributed by atoms with Crippen molar-refractivity contribution < 1.29 is 117 Å². The van der Waals surface area contributed by atoms with Crippen LogP contribution in [0.1, 0.15) is 233 Å². The number of hydrogen-bond acceptors (Lipinski definition) is 23. The largest absolute Gasteiger partial charge is 0.507 e. The van der Waals surface area contributed by atoms with Crippen LogP contribution in [0, 0.1) is 41.5 Å². The van der Waals surface area contributed by atoms with Crippen molar-refractivity contribution in [3.8, 4) is 51.7 Å². The average Bonchev–Trinajstić information content (AvgIpc) is 1.07. The van der Waals surface area contributed by atoms with Gasteiger partial charge in [-0.3, -0.25) is 0 Å². The Morgan fingerprint density at radius 1 is 0.221 bits per heavy atom. The third kappa shape index (κ3) is 26.9. The summed E-state index contributed by atoms with van der Waals surface area (Å²) >= 11 is 0. The van der Waals surface area contributed by atoms with Gasteiger partial charge >= 0.3 is 0 Å². The lowest BCUT2D eigenvalue weighted by Crippen LogP contribution is -2.06. The summed E-state index contributed by atoms with van der Waals surface area (Å²) in [6, 6.07) is 31.7. The maximum absolute atomic E-state index is 10.2. The van der Waals surface area contributed by atoms with Gasteiger partial charge in [0.1, 0.15) is 51.7 Å². The summed E-state index contributed by atoms with van der Waals surface area (Å²) in [5, 5.41) is 215. The predicted octanol–water partition coefficient (Wildman–Crippen LogP) is 11.7. The number of aliphatic hydroxyl groups excluding tert-OH is 14. The standard InChI is InChI=1S/2C17H20O4.2C14H20O3.C10H14O3.2C9H12O3/c1-10-3-12(6-14(8-18)16(10)20)5-13-4-11(2)17(21)15(7-13)9-19;1-10-3-12(16(20)14(5-10)8-18)7-13-4-11(2)6-15(9-19)17(13)21;15-8-10-6-12(9-16)14(17)13(7-10)11-4-2-1-3-5-11;15-8-12-6-11(7-13(9-16)14(12)17)10-4-2-1-3-5-10;1-2-8-3-7(5-11)4-9(6-12)10(8)13;1-6-2-7(4-10)3-8(5-11)9(6)12;1-6-2-7(4-10)9(12)8(3-6)5-11/h3-4,6-7,18-21H,5,8-9H2,1-2H3;3-6,18-21H,7-9H2,1-2H3;6-7,11,15-17H,1-5,8-9H2;6-7,10,15-17H,1-5,8-9H2;3-4,11-13H,2,5-6H2,1H3;2*2-3,10-12H,4-5H2,1H3. The molecule has 2 fully saturated rings. The second-order valence-electron chi connectivity index (χ2n) is 28.8. The van der Waals surface area contributed by atoms with Gasteiger partial charge in [-0.25, -0.2) is 0 Å². The van der Waals surface area contributed by atoms with Gasteiger partial charge < -0.3 is 117 Å². The van der Waals surface area contributed by atoms with Gasteiger partial charge in [0, 0.05) is 67.6 Å². The highest BCUT2D eigenvalue weighted by Crippen LogP contribution is 2.41. The van der Waals surface area contributed by atoms with Crippen molar-refractivity contribution in [3.05, 3.63) is 259 Å². The van der Waals surface area contributed by atoms with Crippen LogP contribution in [0.25, 0.3) is 0 Å². The van der Waals surface area contributed by atoms with Crippen LogP contribution >= 0.6 is 0 Å². The zero-order valence-electron chi connectivity index (χ0n) is 65.9. The normalized spacial score (nSPS) is 12.6. The number of aryl methyl sites for hydroxylation is 7. The highest BCUT2D eigenvalue weighted by molar-refractivity contribution is 5.53. The second-order valence-corrected chi connectivity index (χ2v) is 28.8. The van der Waals surface area contributed by atoms with Crippen LogP contribution in [0.4, 0.5) is 0 Å². The molecule has 0 aliphatic heterocycles. The molecule has 23 nitrogen and oxygen atoms in total. The van der Waals surface area contributed by atoms with Gasteiger partial charge in [-0.15, -0.1) is 0 Å². The molecule has 0 aromatic heterocycles. The van der Waals surface area contributed by atoms with E-state index in [0.717, 1.165) is 79.6 Å². The Morgan fingerprint density at radius 3 is 0.788 bits per heavy atom. The van der Waals surface area contributed by atoms with Gasteiger partial charge in [0.15, 0.2) is 0 Å². The number of aliphatic hydroxyl groups is 14. The molecule has 23 N–H and O–H groups in total. The van der Waals surface area contributed by atoms with E-state index < -0.39 is 0 Å². The zero-order valence-corrected chi connectivity index (χ0v) is 65.9. The van der Waals surface area contributed by atoms with Crippen molar-refractivity contribution in [1.29, 1.82) is 0 Å². The van der Waals surface area contributed by atoms with Crippen LogP contribution in [0.2, 0.25) is 0 Å². The first-order chi connectivity index (χ1) is 54.0. The first-order valence-corrected chi connectivity index (χ1v) is 38.0. The van der Waals surface area contributed by atoms with Crippen LogP contribution in [0.15, 0.2) is 109 Å².